The molecule has 0 unspecified atom stereocenters. The predicted octanol–water partition coefficient (Wildman–Crippen LogP) is 0.738. The molecule has 0 rings (SSSR count). The smallest absolute Gasteiger partial charge is 0.394 e. The van der Waals surface area contributed by atoms with Crippen LogP contribution in [0.15, 0.2) is 0 Å². The summed E-state index contributed by atoms with van der Waals surface area (Å²) in [4.78, 5) is 23.5. The van der Waals surface area contributed by atoms with E-state index in [1.54, 1.807) is 20.8 Å². The molecule has 0 radical (unpaired) electrons. The predicted molar refractivity (Wildman–Crippen MR) is 63.4 cm³/mol. The zero-order valence-electron chi connectivity index (χ0n) is 10.5. The molecule has 0 fully saturated rings. The quantitative estimate of drug-likeness (QED) is 0.438. The van der Waals surface area contributed by atoms with Gasteiger partial charge in [0.25, 0.3) is 0 Å². The van der Waals surface area contributed by atoms with E-state index >= 15 is 0 Å². The Kier molecular flexibility index (Phi) is 6.29. The van der Waals surface area contributed by atoms with Gasteiger partial charge in [0.15, 0.2) is 0 Å². The third kappa shape index (κ3) is 5.93. The van der Waals surface area contributed by atoms with Gasteiger partial charge in [0.2, 0.25) is 0 Å². The largest absolute Gasteiger partial charge is 0.474 e. The van der Waals surface area contributed by atoms with Crippen molar-refractivity contribution in [2.45, 2.75) is 32.7 Å². The molecule has 0 aromatic rings. The summed E-state index contributed by atoms with van der Waals surface area (Å²) in [6.07, 6.45) is 5.56. The lowest BCUT2D eigenvalue weighted by molar-refractivity contribution is -0.158. The Labute approximate surface area is 102 Å². The highest BCUT2D eigenvalue weighted by Gasteiger charge is 2.30. The average Bonchev–Trinajstić information content (AvgIpc) is 2.20. The highest BCUT2D eigenvalue weighted by atomic mass is 16.5. The number of rotatable bonds is 5. The van der Waals surface area contributed by atoms with Crippen LogP contribution in [-0.4, -0.2) is 47.2 Å². The Morgan fingerprint density at radius 1 is 1.41 bits per heavy atom. The normalized spacial score (nSPS) is 10.7. The number of hydrogen-bond acceptors (Lipinski definition) is 3. The van der Waals surface area contributed by atoms with Crippen LogP contribution >= 0.6 is 0 Å². The summed E-state index contributed by atoms with van der Waals surface area (Å²) in [5.41, 5.74) is -0.526. The standard InChI is InChI=1S/C12H19NO4/c1-5-8-17-9-6-7-13(12(2,3)4)10(14)11(15)16/h1H,6-9H2,2-4H3,(H,15,16). The fourth-order valence-corrected chi connectivity index (χ4v) is 1.31. The molecule has 96 valence electrons. The zero-order valence-corrected chi connectivity index (χ0v) is 10.5. The maximum Gasteiger partial charge on any atom is 0.394 e. The summed E-state index contributed by atoms with van der Waals surface area (Å²) >= 11 is 0. The van der Waals surface area contributed by atoms with Crippen LogP contribution < -0.4 is 0 Å². The third-order valence-corrected chi connectivity index (χ3v) is 2.09. The summed E-state index contributed by atoms with van der Waals surface area (Å²) < 4.78 is 5.06. The monoisotopic (exact) mass is 241 g/mol. The number of carbonyl (C=O) groups excluding carboxylic acids is 1. The van der Waals surface area contributed by atoms with Crippen molar-refractivity contribution < 1.29 is 19.4 Å². The lowest BCUT2D eigenvalue weighted by Crippen LogP contribution is -2.49. The number of amides is 1. The molecular weight excluding hydrogens is 222 g/mol. The Hall–Kier alpha value is -1.54. The second-order valence-electron chi connectivity index (χ2n) is 4.54. The molecule has 1 N–H and O–H groups in total. The fourth-order valence-electron chi connectivity index (χ4n) is 1.31. The van der Waals surface area contributed by atoms with Gasteiger partial charge >= 0.3 is 11.9 Å². The lowest BCUT2D eigenvalue weighted by atomic mass is 10.1. The molecular formula is C12H19NO4. The molecule has 5 nitrogen and oxygen atoms in total. The fraction of sp³-hybridized carbons (Fsp3) is 0.667. The minimum absolute atomic E-state index is 0.225. The first-order chi connectivity index (χ1) is 7.80. The highest BCUT2D eigenvalue weighted by Crippen LogP contribution is 2.14. The van der Waals surface area contributed by atoms with Crippen LogP contribution in [0.5, 0.6) is 0 Å². The molecule has 0 bridgehead atoms. The Balaban J connectivity index is 4.29. The number of hydrogen-bond donors (Lipinski definition) is 1. The second-order valence-corrected chi connectivity index (χ2v) is 4.54. The highest BCUT2D eigenvalue weighted by molar-refractivity contribution is 6.31. The summed E-state index contributed by atoms with van der Waals surface area (Å²) in [6, 6.07) is 0. The Morgan fingerprint density at radius 2 is 2.00 bits per heavy atom. The number of ether oxygens (including phenoxy) is 1. The second kappa shape index (κ2) is 6.92. The third-order valence-electron chi connectivity index (χ3n) is 2.09. The first kappa shape index (κ1) is 15.5. The number of aliphatic carboxylic acids is 1. The first-order valence-electron chi connectivity index (χ1n) is 5.36. The summed E-state index contributed by atoms with van der Waals surface area (Å²) in [6.45, 7) is 6.33. The molecule has 0 atom stereocenters. The van der Waals surface area contributed by atoms with E-state index in [1.165, 1.54) is 4.90 Å². The van der Waals surface area contributed by atoms with Crippen LogP contribution in [0.2, 0.25) is 0 Å². The van der Waals surface area contributed by atoms with E-state index in [4.69, 9.17) is 16.3 Å². The van der Waals surface area contributed by atoms with Gasteiger partial charge in [-0.15, -0.1) is 6.42 Å². The molecule has 0 aliphatic carbocycles. The van der Waals surface area contributed by atoms with Crippen LogP contribution in [0.4, 0.5) is 0 Å². The number of carboxylic acid groups (broad SMARTS) is 1. The number of nitrogens with zero attached hydrogens (tertiary/aromatic N) is 1. The van der Waals surface area contributed by atoms with Crippen molar-refractivity contribution in [3.05, 3.63) is 0 Å². The van der Waals surface area contributed by atoms with E-state index in [-0.39, 0.29) is 6.61 Å². The maximum atomic E-state index is 11.5. The molecule has 17 heavy (non-hydrogen) atoms. The molecule has 0 aliphatic heterocycles. The van der Waals surface area contributed by atoms with Crippen LogP contribution in [0.3, 0.4) is 0 Å². The van der Waals surface area contributed by atoms with E-state index in [1.807, 2.05) is 0 Å². The Bertz CT molecular complexity index is 311. The summed E-state index contributed by atoms with van der Waals surface area (Å²) in [5, 5.41) is 8.71. The first-order valence-corrected chi connectivity index (χ1v) is 5.36. The van der Waals surface area contributed by atoms with Crippen LogP contribution in [-0.2, 0) is 14.3 Å². The van der Waals surface area contributed by atoms with Gasteiger partial charge in [0, 0.05) is 18.7 Å². The lowest BCUT2D eigenvalue weighted by Gasteiger charge is -2.34. The topological polar surface area (TPSA) is 66.8 Å². The van der Waals surface area contributed by atoms with Gasteiger partial charge in [-0.1, -0.05) is 5.92 Å². The van der Waals surface area contributed by atoms with Crippen molar-refractivity contribution in [3.8, 4) is 12.3 Å². The molecule has 0 aromatic heterocycles. The number of carbonyl (C=O) groups is 2. The average molecular weight is 241 g/mol. The minimum atomic E-state index is -1.44. The molecule has 1 amide bonds. The van der Waals surface area contributed by atoms with E-state index in [0.29, 0.717) is 19.6 Å². The van der Waals surface area contributed by atoms with Crippen molar-refractivity contribution in [3.63, 3.8) is 0 Å². The molecule has 0 aliphatic rings. The van der Waals surface area contributed by atoms with E-state index in [9.17, 15) is 9.59 Å². The minimum Gasteiger partial charge on any atom is -0.474 e. The number of terminal acetylenes is 1. The van der Waals surface area contributed by atoms with Gasteiger partial charge in [-0.25, -0.2) is 4.79 Å². The summed E-state index contributed by atoms with van der Waals surface area (Å²) in [7, 11) is 0. The SMILES string of the molecule is C#CCOCCCN(C(=O)C(=O)O)C(C)(C)C. The molecule has 0 heterocycles. The van der Waals surface area contributed by atoms with E-state index in [2.05, 4.69) is 5.92 Å². The van der Waals surface area contributed by atoms with Crippen LogP contribution in [0, 0.1) is 12.3 Å². The van der Waals surface area contributed by atoms with Crippen molar-refractivity contribution >= 4 is 11.9 Å². The molecule has 0 spiro atoms. The van der Waals surface area contributed by atoms with Crippen LogP contribution in [0.25, 0.3) is 0 Å². The van der Waals surface area contributed by atoms with Crippen LogP contribution in [0.1, 0.15) is 27.2 Å². The zero-order chi connectivity index (χ0) is 13.5. The molecule has 0 aromatic carbocycles. The van der Waals surface area contributed by atoms with Crippen molar-refractivity contribution in [2.24, 2.45) is 0 Å². The van der Waals surface area contributed by atoms with Gasteiger partial charge < -0.3 is 14.7 Å². The van der Waals surface area contributed by atoms with Crippen molar-refractivity contribution in [1.82, 2.24) is 4.90 Å². The maximum absolute atomic E-state index is 11.5. The van der Waals surface area contributed by atoms with Gasteiger partial charge in [0.05, 0.1) is 0 Å². The molecule has 0 saturated carbocycles. The summed E-state index contributed by atoms with van der Waals surface area (Å²) in [5.74, 6) is -0.00416. The number of carboxylic acids is 1. The van der Waals surface area contributed by atoms with E-state index < -0.39 is 17.4 Å². The van der Waals surface area contributed by atoms with Gasteiger partial charge in [-0.05, 0) is 27.2 Å². The molecule has 0 saturated heterocycles. The van der Waals surface area contributed by atoms with Crippen molar-refractivity contribution in [2.75, 3.05) is 19.8 Å². The van der Waals surface area contributed by atoms with Gasteiger partial charge in [0.1, 0.15) is 6.61 Å². The van der Waals surface area contributed by atoms with Gasteiger partial charge in [-0.3, -0.25) is 4.79 Å². The van der Waals surface area contributed by atoms with Gasteiger partial charge in [-0.2, -0.15) is 0 Å². The van der Waals surface area contributed by atoms with E-state index in [0.717, 1.165) is 0 Å². The molecule has 5 heteroatoms. The van der Waals surface area contributed by atoms with Crippen molar-refractivity contribution in [1.29, 1.82) is 0 Å². The Morgan fingerprint density at radius 3 is 2.41 bits per heavy atom.